The van der Waals surface area contributed by atoms with Crippen LogP contribution in [0.25, 0.3) is 0 Å². The number of carbonyl (C=O) groups excluding carboxylic acids is 2. The summed E-state index contributed by atoms with van der Waals surface area (Å²) in [4.78, 5) is 36.6. The third-order valence-electron chi connectivity index (χ3n) is 4.34. The van der Waals surface area contributed by atoms with Crippen molar-refractivity contribution < 1.29 is 19.5 Å². The highest BCUT2D eigenvalue weighted by atomic mass is 32.1. The Morgan fingerprint density at radius 3 is 2.25 bits per heavy atom. The van der Waals surface area contributed by atoms with E-state index in [0.717, 1.165) is 12.0 Å². The van der Waals surface area contributed by atoms with Gasteiger partial charge in [-0.3, -0.25) is 9.59 Å². The molecular formula is C20H31N3O4S. The number of carbonyl (C=O) groups is 3. The molecule has 0 aliphatic carbocycles. The molecule has 5 N–H and O–H groups in total. The number of thiol groups is 1. The van der Waals surface area contributed by atoms with E-state index in [4.69, 9.17) is 5.73 Å². The van der Waals surface area contributed by atoms with Gasteiger partial charge in [0.15, 0.2) is 0 Å². The molecule has 0 spiro atoms. The fourth-order valence-corrected chi connectivity index (χ4v) is 3.09. The number of hydrogen-bond acceptors (Lipinski definition) is 5. The van der Waals surface area contributed by atoms with Crippen molar-refractivity contribution in [3.05, 3.63) is 35.9 Å². The molecule has 3 unspecified atom stereocenters. The third kappa shape index (κ3) is 8.75. The van der Waals surface area contributed by atoms with Gasteiger partial charge >= 0.3 is 5.97 Å². The molecule has 3 atom stereocenters. The van der Waals surface area contributed by atoms with Crippen LogP contribution < -0.4 is 16.4 Å². The Labute approximate surface area is 171 Å². The molecule has 28 heavy (non-hydrogen) atoms. The van der Waals surface area contributed by atoms with Crippen molar-refractivity contribution in [3.63, 3.8) is 0 Å². The number of carboxylic acid groups (broad SMARTS) is 1. The van der Waals surface area contributed by atoms with E-state index >= 15 is 0 Å². The Hall–Kier alpha value is -2.06. The van der Waals surface area contributed by atoms with Gasteiger partial charge in [-0.1, -0.05) is 43.7 Å². The first kappa shape index (κ1) is 24.0. The lowest BCUT2D eigenvalue weighted by Crippen LogP contribution is -2.53. The van der Waals surface area contributed by atoms with Gasteiger partial charge in [-0.15, -0.1) is 0 Å². The molecule has 2 amide bonds. The number of rotatable bonds is 13. The van der Waals surface area contributed by atoms with Gasteiger partial charge in [-0.25, -0.2) is 4.79 Å². The normalized spacial score (nSPS) is 14.0. The molecule has 1 aromatic rings. The first-order valence-electron chi connectivity index (χ1n) is 9.64. The molecule has 0 fully saturated rings. The molecule has 0 aromatic heterocycles. The molecule has 7 nitrogen and oxygen atoms in total. The summed E-state index contributed by atoms with van der Waals surface area (Å²) < 4.78 is 0. The largest absolute Gasteiger partial charge is 0.480 e. The van der Waals surface area contributed by atoms with Crippen LogP contribution in [0.4, 0.5) is 0 Å². The quantitative estimate of drug-likeness (QED) is 0.250. The minimum atomic E-state index is -1.12. The van der Waals surface area contributed by atoms with E-state index in [1.807, 2.05) is 25.1 Å². The number of nitrogens with one attached hydrogen (secondary N) is 2. The topological polar surface area (TPSA) is 122 Å². The second-order valence-electron chi connectivity index (χ2n) is 6.74. The van der Waals surface area contributed by atoms with Gasteiger partial charge in [-0.05, 0) is 37.8 Å². The maximum absolute atomic E-state index is 12.7. The fraction of sp³-hybridized carbons (Fsp3) is 0.550. The molecular weight excluding hydrogens is 378 g/mol. The second kappa shape index (κ2) is 13.2. The molecule has 0 aliphatic heterocycles. The number of amides is 2. The van der Waals surface area contributed by atoms with Crippen molar-refractivity contribution in [2.45, 2.75) is 62.8 Å². The van der Waals surface area contributed by atoms with Crippen molar-refractivity contribution in [1.29, 1.82) is 0 Å². The lowest BCUT2D eigenvalue weighted by atomic mass is 10.0. The van der Waals surface area contributed by atoms with E-state index in [-0.39, 0.29) is 12.3 Å². The summed E-state index contributed by atoms with van der Waals surface area (Å²) in [7, 11) is 0. The second-order valence-corrected chi connectivity index (χ2v) is 7.36. The Kier molecular flexibility index (Phi) is 11.3. The van der Waals surface area contributed by atoms with Crippen molar-refractivity contribution in [2.24, 2.45) is 5.73 Å². The average molecular weight is 410 g/mol. The molecule has 0 saturated carbocycles. The molecule has 1 aromatic carbocycles. The molecule has 1 rings (SSSR count). The van der Waals surface area contributed by atoms with Crippen LogP contribution in [0.1, 0.15) is 44.6 Å². The monoisotopic (exact) mass is 409 g/mol. The van der Waals surface area contributed by atoms with Crippen LogP contribution >= 0.6 is 12.6 Å². The predicted octanol–water partition coefficient (Wildman–Crippen LogP) is 1.51. The van der Waals surface area contributed by atoms with Crippen LogP contribution in [0.3, 0.4) is 0 Å². The van der Waals surface area contributed by atoms with Crippen LogP contribution in [0.2, 0.25) is 0 Å². The van der Waals surface area contributed by atoms with E-state index in [2.05, 4.69) is 23.3 Å². The summed E-state index contributed by atoms with van der Waals surface area (Å²) >= 11 is 4.27. The summed E-state index contributed by atoms with van der Waals surface area (Å²) in [6, 6.07) is 7.18. The van der Waals surface area contributed by atoms with E-state index in [1.165, 1.54) is 0 Å². The predicted molar refractivity (Wildman–Crippen MR) is 112 cm³/mol. The van der Waals surface area contributed by atoms with Gasteiger partial charge in [0.25, 0.3) is 0 Å². The minimum Gasteiger partial charge on any atom is -0.480 e. The Balaban J connectivity index is 2.80. The van der Waals surface area contributed by atoms with E-state index < -0.39 is 29.2 Å². The van der Waals surface area contributed by atoms with E-state index in [1.54, 1.807) is 12.1 Å². The number of carboxylic acids is 1. The molecule has 0 bridgehead atoms. The van der Waals surface area contributed by atoms with Crippen LogP contribution in [-0.4, -0.2) is 46.8 Å². The maximum atomic E-state index is 12.7. The third-order valence-corrected chi connectivity index (χ3v) is 4.83. The zero-order valence-corrected chi connectivity index (χ0v) is 17.2. The fourth-order valence-electron chi connectivity index (χ4n) is 2.76. The van der Waals surface area contributed by atoms with Gasteiger partial charge in [0.2, 0.25) is 11.8 Å². The van der Waals surface area contributed by atoms with Crippen molar-refractivity contribution in [3.8, 4) is 0 Å². The standard InChI is InChI=1S/C20H31N3O4S/c1-2-8-17(28)19(25)22-15(11-6-7-12-21)18(24)23-16(20(26)27)13-14-9-4-3-5-10-14/h3-5,9-10,15-17,28H,2,6-8,11-13,21H2,1H3,(H,22,25)(H,23,24)(H,26,27). The Morgan fingerprint density at radius 1 is 1.04 bits per heavy atom. The van der Waals surface area contributed by atoms with Gasteiger partial charge in [0.1, 0.15) is 12.1 Å². The SMILES string of the molecule is CCCC(S)C(=O)NC(CCCCN)C(=O)NC(Cc1ccccc1)C(=O)O. The highest BCUT2D eigenvalue weighted by Gasteiger charge is 2.27. The van der Waals surface area contributed by atoms with Gasteiger partial charge in [0.05, 0.1) is 5.25 Å². The van der Waals surface area contributed by atoms with Crippen molar-refractivity contribution in [1.82, 2.24) is 10.6 Å². The molecule has 0 heterocycles. The van der Waals surface area contributed by atoms with Gasteiger partial charge < -0.3 is 21.5 Å². The molecule has 0 radical (unpaired) electrons. The average Bonchev–Trinajstić information content (AvgIpc) is 2.67. The Morgan fingerprint density at radius 2 is 1.68 bits per heavy atom. The van der Waals surface area contributed by atoms with Crippen LogP contribution in [-0.2, 0) is 20.8 Å². The smallest absolute Gasteiger partial charge is 0.326 e. The number of hydrogen-bond donors (Lipinski definition) is 5. The zero-order chi connectivity index (χ0) is 20.9. The zero-order valence-electron chi connectivity index (χ0n) is 16.3. The number of aliphatic carboxylic acids is 1. The highest BCUT2D eigenvalue weighted by molar-refractivity contribution is 7.81. The molecule has 8 heteroatoms. The number of nitrogens with two attached hydrogens (primary N) is 1. The van der Waals surface area contributed by atoms with E-state index in [0.29, 0.717) is 32.2 Å². The summed E-state index contributed by atoms with van der Waals surface area (Å²) in [5.74, 6) is -1.96. The molecule has 0 aliphatic rings. The van der Waals surface area contributed by atoms with Crippen LogP contribution in [0.5, 0.6) is 0 Å². The number of unbranched alkanes of at least 4 members (excludes halogenated alkanes) is 1. The summed E-state index contributed by atoms with van der Waals surface area (Å²) in [6.45, 7) is 2.43. The van der Waals surface area contributed by atoms with E-state index in [9.17, 15) is 19.5 Å². The minimum absolute atomic E-state index is 0.163. The summed E-state index contributed by atoms with van der Waals surface area (Å²) in [5.41, 5.74) is 6.31. The molecule has 156 valence electrons. The highest BCUT2D eigenvalue weighted by Crippen LogP contribution is 2.09. The van der Waals surface area contributed by atoms with Gasteiger partial charge in [-0.2, -0.15) is 12.6 Å². The number of benzene rings is 1. The van der Waals surface area contributed by atoms with Crippen LogP contribution in [0, 0.1) is 0 Å². The first-order chi connectivity index (χ1) is 13.4. The van der Waals surface area contributed by atoms with Gasteiger partial charge in [0, 0.05) is 6.42 Å². The first-order valence-corrected chi connectivity index (χ1v) is 10.2. The summed E-state index contributed by atoms with van der Waals surface area (Å²) in [5, 5.41) is 14.2. The van der Waals surface area contributed by atoms with Crippen molar-refractivity contribution >= 4 is 30.4 Å². The maximum Gasteiger partial charge on any atom is 0.326 e. The lowest BCUT2D eigenvalue weighted by molar-refractivity contribution is -0.142. The molecule has 0 saturated heterocycles. The lowest BCUT2D eigenvalue weighted by Gasteiger charge is -2.23. The summed E-state index contributed by atoms with van der Waals surface area (Å²) in [6.07, 6.45) is 3.30. The van der Waals surface area contributed by atoms with Crippen LogP contribution in [0.15, 0.2) is 30.3 Å². The Bertz CT molecular complexity index is 627. The van der Waals surface area contributed by atoms with Crippen molar-refractivity contribution in [2.75, 3.05) is 6.54 Å².